The van der Waals surface area contributed by atoms with E-state index in [1.807, 2.05) is 0 Å². The highest BCUT2D eigenvalue weighted by molar-refractivity contribution is 5.92. The van der Waals surface area contributed by atoms with Crippen LogP contribution in [0.4, 0.5) is 0 Å². The Labute approximate surface area is 76.9 Å². The quantitative estimate of drug-likeness (QED) is 0.622. The van der Waals surface area contributed by atoms with Crippen molar-refractivity contribution in [2.75, 3.05) is 14.2 Å². The first-order valence-electron chi connectivity index (χ1n) is 3.88. The van der Waals surface area contributed by atoms with E-state index in [1.165, 1.54) is 12.2 Å². The molecule has 0 unspecified atom stereocenters. The Morgan fingerprint density at radius 2 is 2.31 bits per heavy atom. The van der Waals surface area contributed by atoms with Gasteiger partial charge >= 0.3 is 0 Å². The first-order chi connectivity index (χ1) is 6.07. The number of imidazole rings is 1. The zero-order chi connectivity index (χ0) is 10.0. The second-order valence-electron chi connectivity index (χ2n) is 2.77. The Kier molecular flexibility index (Phi) is 2.67. The molecule has 1 heterocycles. The molecule has 0 saturated carbocycles. The summed E-state index contributed by atoms with van der Waals surface area (Å²) in [7, 11) is 4.79. The molecule has 1 aromatic heterocycles. The Bertz CT molecular complexity index is 300. The standard InChI is InChI=1S/C8H13N3O2/c1-6-7(10(2)5-9-6)8(12)11(3)13-4/h5H,1-4H3. The Morgan fingerprint density at radius 3 is 2.69 bits per heavy atom. The Morgan fingerprint density at radius 1 is 1.69 bits per heavy atom. The average molecular weight is 183 g/mol. The summed E-state index contributed by atoms with van der Waals surface area (Å²) in [6.07, 6.45) is 1.60. The van der Waals surface area contributed by atoms with Gasteiger partial charge in [0.2, 0.25) is 0 Å². The van der Waals surface area contributed by atoms with Crippen molar-refractivity contribution in [2.45, 2.75) is 6.92 Å². The van der Waals surface area contributed by atoms with E-state index in [-0.39, 0.29) is 5.91 Å². The van der Waals surface area contributed by atoms with E-state index in [0.717, 1.165) is 0 Å². The minimum absolute atomic E-state index is 0.194. The van der Waals surface area contributed by atoms with Crippen molar-refractivity contribution < 1.29 is 9.63 Å². The Balaban J connectivity index is 3.01. The molecule has 13 heavy (non-hydrogen) atoms. The normalized spacial score (nSPS) is 10.2. The van der Waals surface area contributed by atoms with E-state index in [2.05, 4.69) is 4.98 Å². The first kappa shape index (κ1) is 9.73. The molecule has 0 aliphatic carbocycles. The molecule has 0 atom stereocenters. The summed E-state index contributed by atoms with van der Waals surface area (Å²) in [5, 5.41) is 1.17. The van der Waals surface area contributed by atoms with Crippen LogP contribution < -0.4 is 0 Å². The largest absolute Gasteiger partial charge is 0.329 e. The monoisotopic (exact) mass is 183 g/mol. The maximum Gasteiger partial charge on any atom is 0.295 e. The summed E-state index contributed by atoms with van der Waals surface area (Å²) >= 11 is 0. The summed E-state index contributed by atoms with van der Waals surface area (Å²) in [6, 6.07) is 0. The van der Waals surface area contributed by atoms with Crippen LogP contribution in [0.2, 0.25) is 0 Å². The fraction of sp³-hybridized carbons (Fsp3) is 0.500. The van der Waals surface area contributed by atoms with Crippen molar-refractivity contribution >= 4 is 5.91 Å². The maximum absolute atomic E-state index is 11.6. The SMILES string of the molecule is CON(C)C(=O)c1c(C)ncn1C. The van der Waals surface area contributed by atoms with Crippen molar-refractivity contribution in [1.82, 2.24) is 14.6 Å². The maximum atomic E-state index is 11.6. The smallest absolute Gasteiger partial charge is 0.295 e. The van der Waals surface area contributed by atoms with Gasteiger partial charge in [-0.2, -0.15) is 0 Å². The molecule has 0 fully saturated rings. The molecular weight excluding hydrogens is 170 g/mol. The van der Waals surface area contributed by atoms with Gasteiger partial charge in [-0.1, -0.05) is 0 Å². The number of hydrogen-bond donors (Lipinski definition) is 0. The number of carbonyl (C=O) groups is 1. The molecule has 72 valence electrons. The summed E-state index contributed by atoms with van der Waals surface area (Å²) in [5.41, 5.74) is 1.25. The van der Waals surface area contributed by atoms with Crippen LogP contribution in [0.25, 0.3) is 0 Å². The van der Waals surface area contributed by atoms with Gasteiger partial charge in [-0.05, 0) is 6.92 Å². The number of carbonyl (C=O) groups excluding carboxylic acids is 1. The van der Waals surface area contributed by atoms with Crippen LogP contribution in [0.5, 0.6) is 0 Å². The number of nitrogens with zero attached hydrogens (tertiary/aromatic N) is 3. The van der Waals surface area contributed by atoms with Gasteiger partial charge in [0.15, 0.2) is 0 Å². The highest BCUT2D eigenvalue weighted by atomic mass is 16.7. The lowest BCUT2D eigenvalue weighted by molar-refractivity contribution is -0.0763. The fourth-order valence-electron chi connectivity index (χ4n) is 1.08. The molecule has 0 radical (unpaired) electrons. The highest BCUT2D eigenvalue weighted by Gasteiger charge is 2.17. The zero-order valence-corrected chi connectivity index (χ0v) is 8.24. The van der Waals surface area contributed by atoms with Gasteiger partial charge in [0, 0.05) is 14.1 Å². The van der Waals surface area contributed by atoms with Crippen LogP contribution in [0.15, 0.2) is 6.33 Å². The van der Waals surface area contributed by atoms with Crippen molar-refractivity contribution in [1.29, 1.82) is 0 Å². The molecule has 0 aliphatic heterocycles. The highest BCUT2D eigenvalue weighted by Crippen LogP contribution is 2.07. The molecule has 0 spiro atoms. The second kappa shape index (κ2) is 3.57. The molecular formula is C8H13N3O2. The topological polar surface area (TPSA) is 47.4 Å². The summed E-state index contributed by atoms with van der Waals surface area (Å²) in [5.74, 6) is -0.194. The van der Waals surface area contributed by atoms with Gasteiger partial charge in [0.25, 0.3) is 5.91 Å². The number of rotatable bonds is 2. The molecule has 0 N–H and O–H groups in total. The van der Waals surface area contributed by atoms with Crippen molar-refractivity contribution in [2.24, 2.45) is 7.05 Å². The third kappa shape index (κ3) is 1.70. The van der Waals surface area contributed by atoms with Crippen LogP contribution in [0, 0.1) is 6.92 Å². The molecule has 0 saturated heterocycles. The number of hydroxylamine groups is 2. The zero-order valence-electron chi connectivity index (χ0n) is 8.24. The number of amides is 1. The van der Waals surface area contributed by atoms with E-state index in [9.17, 15) is 4.79 Å². The third-order valence-corrected chi connectivity index (χ3v) is 1.88. The van der Waals surface area contributed by atoms with Crippen LogP contribution in [-0.4, -0.2) is 34.7 Å². The van der Waals surface area contributed by atoms with E-state index >= 15 is 0 Å². The molecule has 1 rings (SSSR count). The van der Waals surface area contributed by atoms with Gasteiger partial charge in [-0.15, -0.1) is 0 Å². The average Bonchev–Trinajstić information content (AvgIpc) is 2.44. The predicted molar refractivity (Wildman–Crippen MR) is 47.0 cm³/mol. The molecule has 0 aliphatic rings. The van der Waals surface area contributed by atoms with Gasteiger partial charge in [-0.3, -0.25) is 9.63 Å². The molecule has 0 aromatic carbocycles. The fourth-order valence-corrected chi connectivity index (χ4v) is 1.08. The van der Waals surface area contributed by atoms with E-state index in [0.29, 0.717) is 11.4 Å². The number of aromatic nitrogens is 2. The summed E-state index contributed by atoms with van der Waals surface area (Å²) < 4.78 is 1.67. The van der Waals surface area contributed by atoms with Gasteiger partial charge in [-0.25, -0.2) is 10.0 Å². The predicted octanol–water partition coefficient (Wildman–Crippen LogP) is 0.362. The lowest BCUT2D eigenvalue weighted by Crippen LogP contribution is -2.27. The number of hydrogen-bond acceptors (Lipinski definition) is 3. The Hall–Kier alpha value is -1.36. The lowest BCUT2D eigenvalue weighted by atomic mass is 10.3. The first-order valence-corrected chi connectivity index (χ1v) is 3.88. The minimum Gasteiger partial charge on any atom is -0.329 e. The van der Waals surface area contributed by atoms with Crippen molar-refractivity contribution in [3.8, 4) is 0 Å². The molecule has 1 aromatic rings. The van der Waals surface area contributed by atoms with Crippen LogP contribution in [-0.2, 0) is 11.9 Å². The lowest BCUT2D eigenvalue weighted by Gasteiger charge is -2.13. The van der Waals surface area contributed by atoms with Gasteiger partial charge in [0.1, 0.15) is 5.69 Å². The van der Waals surface area contributed by atoms with Crippen LogP contribution in [0.3, 0.4) is 0 Å². The van der Waals surface area contributed by atoms with Crippen LogP contribution >= 0.6 is 0 Å². The van der Waals surface area contributed by atoms with Gasteiger partial charge in [0.05, 0.1) is 19.1 Å². The van der Waals surface area contributed by atoms with Gasteiger partial charge < -0.3 is 4.57 Å². The van der Waals surface area contributed by atoms with Crippen LogP contribution in [0.1, 0.15) is 16.2 Å². The van der Waals surface area contributed by atoms with E-state index in [1.54, 1.807) is 31.9 Å². The second-order valence-corrected chi connectivity index (χ2v) is 2.77. The van der Waals surface area contributed by atoms with E-state index < -0.39 is 0 Å². The van der Waals surface area contributed by atoms with E-state index in [4.69, 9.17) is 4.84 Å². The molecule has 5 heteroatoms. The third-order valence-electron chi connectivity index (χ3n) is 1.88. The van der Waals surface area contributed by atoms with Crippen molar-refractivity contribution in [3.05, 3.63) is 17.7 Å². The molecule has 5 nitrogen and oxygen atoms in total. The summed E-state index contributed by atoms with van der Waals surface area (Å²) in [4.78, 5) is 20.4. The molecule has 1 amide bonds. The number of aryl methyl sites for hydroxylation is 2. The molecule has 0 bridgehead atoms. The minimum atomic E-state index is -0.194. The van der Waals surface area contributed by atoms with Crippen molar-refractivity contribution in [3.63, 3.8) is 0 Å². The summed E-state index contributed by atoms with van der Waals surface area (Å²) in [6.45, 7) is 1.79.